The number of halogens is 3. The Morgan fingerprint density at radius 2 is 1.88 bits per heavy atom. The monoisotopic (exact) mass is 451 g/mol. The zero-order valence-corrected chi connectivity index (χ0v) is 17.2. The molecule has 2 N–H and O–H groups in total. The molecule has 2 aliphatic rings. The summed E-state index contributed by atoms with van der Waals surface area (Å²) < 4.78 is 37.5. The Morgan fingerprint density at radius 1 is 1.19 bits per heavy atom. The first-order valence-corrected chi connectivity index (χ1v) is 10.0. The van der Waals surface area contributed by atoms with Crippen molar-refractivity contribution in [3.8, 4) is 0 Å². The van der Waals surface area contributed by atoms with Crippen molar-refractivity contribution in [1.29, 1.82) is 0 Å². The number of aromatic nitrogens is 1. The van der Waals surface area contributed by atoms with Gasteiger partial charge in [0.1, 0.15) is 0 Å². The molecular weight excluding hydrogens is 427 g/mol. The number of aliphatic carboxylic acids is 1. The third-order valence-electron chi connectivity index (χ3n) is 5.58. The highest BCUT2D eigenvalue weighted by molar-refractivity contribution is 5.94. The average molecular weight is 451 g/mol. The lowest BCUT2D eigenvalue weighted by molar-refractivity contribution is -0.192. The Morgan fingerprint density at radius 3 is 2.50 bits per heavy atom. The van der Waals surface area contributed by atoms with Crippen LogP contribution in [0.15, 0.2) is 54.7 Å². The van der Waals surface area contributed by atoms with Gasteiger partial charge >= 0.3 is 12.1 Å². The minimum absolute atomic E-state index is 0.0104. The van der Waals surface area contributed by atoms with Crippen LogP contribution in [0.25, 0.3) is 0 Å². The first-order chi connectivity index (χ1) is 15.2. The predicted octanol–water partition coefficient (Wildman–Crippen LogP) is 2.59. The van der Waals surface area contributed by atoms with E-state index in [-0.39, 0.29) is 11.3 Å². The van der Waals surface area contributed by atoms with Crippen LogP contribution in [0.1, 0.15) is 16.1 Å². The maximum atomic E-state index is 12.4. The van der Waals surface area contributed by atoms with Gasteiger partial charge in [0.15, 0.2) is 0 Å². The summed E-state index contributed by atoms with van der Waals surface area (Å²) in [5.41, 5.74) is 1.81. The molecule has 172 valence electrons. The number of hydrogen-bond donors (Lipinski definition) is 2. The number of nitrogens with one attached hydrogen (secondary N) is 1. The number of pyridine rings is 1. The fourth-order valence-electron chi connectivity index (χ4n) is 3.98. The summed E-state index contributed by atoms with van der Waals surface area (Å²) in [5, 5.41) is 10.3. The molecule has 1 amide bonds. The molecule has 0 radical (unpaired) electrons. The summed E-state index contributed by atoms with van der Waals surface area (Å²) in [7, 11) is 0. The van der Waals surface area contributed by atoms with Gasteiger partial charge in [-0.1, -0.05) is 24.3 Å². The van der Waals surface area contributed by atoms with Crippen LogP contribution < -0.4 is 5.32 Å². The minimum atomic E-state index is -5.08. The molecule has 0 unspecified atom stereocenters. The van der Waals surface area contributed by atoms with Gasteiger partial charge in [-0.2, -0.15) is 13.2 Å². The number of nitrogens with zero attached hydrogens (tertiary/aromatic N) is 2. The highest BCUT2D eigenvalue weighted by Gasteiger charge is 2.50. The third-order valence-corrected chi connectivity index (χ3v) is 5.58. The summed E-state index contributed by atoms with van der Waals surface area (Å²) in [6, 6.07) is 15.4. The Balaban J connectivity index is 0.000000360. The Labute approximate surface area is 183 Å². The van der Waals surface area contributed by atoms with E-state index in [0.29, 0.717) is 24.6 Å². The van der Waals surface area contributed by atoms with Crippen LogP contribution in [0, 0.1) is 11.3 Å². The van der Waals surface area contributed by atoms with Gasteiger partial charge in [-0.3, -0.25) is 14.7 Å². The van der Waals surface area contributed by atoms with Crippen LogP contribution in [-0.4, -0.2) is 65.9 Å². The van der Waals surface area contributed by atoms with Crippen molar-refractivity contribution in [2.75, 3.05) is 32.8 Å². The van der Waals surface area contributed by atoms with E-state index < -0.39 is 12.1 Å². The van der Waals surface area contributed by atoms with E-state index in [0.717, 1.165) is 31.9 Å². The molecular formula is C22H24F3N3O4. The molecule has 7 nitrogen and oxygen atoms in total. The fourth-order valence-corrected chi connectivity index (χ4v) is 3.98. The van der Waals surface area contributed by atoms with Gasteiger partial charge in [-0.25, -0.2) is 4.79 Å². The molecule has 0 saturated carbocycles. The van der Waals surface area contributed by atoms with Crippen LogP contribution in [0.4, 0.5) is 13.2 Å². The van der Waals surface area contributed by atoms with Gasteiger partial charge in [0, 0.05) is 49.3 Å². The van der Waals surface area contributed by atoms with E-state index in [1.165, 1.54) is 0 Å². The van der Waals surface area contributed by atoms with Crippen LogP contribution in [0.3, 0.4) is 0 Å². The lowest BCUT2D eigenvalue weighted by Gasteiger charge is -2.27. The van der Waals surface area contributed by atoms with Crippen LogP contribution in [0.5, 0.6) is 0 Å². The highest BCUT2D eigenvalue weighted by atomic mass is 19.4. The lowest BCUT2D eigenvalue weighted by atomic mass is 9.81. The summed E-state index contributed by atoms with van der Waals surface area (Å²) in [6.07, 6.45) is -3.24. The maximum absolute atomic E-state index is 12.4. The van der Waals surface area contributed by atoms with Crippen molar-refractivity contribution < 1.29 is 32.6 Å². The van der Waals surface area contributed by atoms with Gasteiger partial charge in [0.05, 0.1) is 18.9 Å². The van der Waals surface area contributed by atoms with Crippen molar-refractivity contribution in [1.82, 2.24) is 15.2 Å². The molecule has 2 fully saturated rings. The third kappa shape index (κ3) is 6.04. The molecule has 2 saturated heterocycles. The zero-order chi connectivity index (χ0) is 23.2. The number of alkyl halides is 3. The molecule has 4 rings (SSSR count). The van der Waals surface area contributed by atoms with Gasteiger partial charge in [-0.15, -0.1) is 0 Å². The summed E-state index contributed by atoms with van der Waals surface area (Å²) >= 11 is 0. The molecule has 0 aliphatic carbocycles. The molecule has 0 bridgehead atoms. The average Bonchev–Trinajstić information content (AvgIpc) is 3.30. The number of benzene rings is 1. The number of fused-ring (bicyclic) bond motifs is 1. The minimum Gasteiger partial charge on any atom is -0.475 e. The van der Waals surface area contributed by atoms with Crippen molar-refractivity contribution in [2.24, 2.45) is 11.3 Å². The van der Waals surface area contributed by atoms with E-state index in [4.69, 9.17) is 14.6 Å². The molecule has 2 aliphatic heterocycles. The Bertz CT molecular complexity index is 912. The number of hydrogen-bond acceptors (Lipinski definition) is 5. The molecule has 1 aromatic carbocycles. The second-order valence-corrected chi connectivity index (χ2v) is 7.92. The number of carboxylic acid groups (broad SMARTS) is 1. The smallest absolute Gasteiger partial charge is 0.475 e. The lowest BCUT2D eigenvalue weighted by Crippen LogP contribution is -2.43. The first-order valence-electron chi connectivity index (χ1n) is 10.0. The normalized spacial score (nSPS) is 22.5. The molecule has 10 heteroatoms. The fraction of sp³-hybridized carbons (Fsp3) is 0.409. The van der Waals surface area contributed by atoms with Gasteiger partial charge in [0.2, 0.25) is 0 Å². The number of amides is 1. The summed E-state index contributed by atoms with van der Waals surface area (Å²) in [5.74, 6) is -2.30. The van der Waals surface area contributed by atoms with Crippen LogP contribution in [-0.2, 0) is 16.1 Å². The number of rotatable bonds is 5. The van der Waals surface area contributed by atoms with Crippen LogP contribution in [0.2, 0.25) is 0 Å². The molecule has 3 heterocycles. The molecule has 1 aromatic heterocycles. The largest absolute Gasteiger partial charge is 0.490 e. The Kier molecular flexibility index (Phi) is 7.47. The van der Waals surface area contributed by atoms with Crippen LogP contribution >= 0.6 is 0 Å². The maximum Gasteiger partial charge on any atom is 0.490 e. The zero-order valence-electron chi connectivity index (χ0n) is 17.2. The second-order valence-electron chi connectivity index (χ2n) is 7.92. The van der Waals surface area contributed by atoms with Crippen molar-refractivity contribution in [3.05, 3.63) is 66.0 Å². The van der Waals surface area contributed by atoms with E-state index >= 15 is 0 Å². The SMILES string of the molecule is O=C(NC[C@]12COC[C@H]1CN(Cc1ccccn1)C2)c1ccccc1.O=C(O)C(F)(F)F. The van der Waals surface area contributed by atoms with Gasteiger partial charge in [-0.05, 0) is 24.3 Å². The van der Waals surface area contributed by atoms with Crippen molar-refractivity contribution in [3.63, 3.8) is 0 Å². The van der Waals surface area contributed by atoms with E-state index in [9.17, 15) is 18.0 Å². The first kappa shape index (κ1) is 23.7. The molecule has 32 heavy (non-hydrogen) atoms. The molecule has 0 spiro atoms. The molecule has 2 aromatic rings. The van der Waals surface area contributed by atoms with E-state index in [2.05, 4.69) is 21.3 Å². The quantitative estimate of drug-likeness (QED) is 0.726. The van der Waals surface area contributed by atoms with E-state index in [1.54, 1.807) is 0 Å². The topological polar surface area (TPSA) is 91.8 Å². The van der Waals surface area contributed by atoms with Gasteiger partial charge in [0.25, 0.3) is 5.91 Å². The predicted molar refractivity (Wildman–Crippen MR) is 109 cm³/mol. The number of carboxylic acids is 1. The van der Waals surface area contributed by atoms with Gasteiger partial charge < -0.3 is 15.2 Å². The van der Waals surface area contributed by atoms with E-state index in [1.807, 2.05) is 48.7 Å². The molecule has 2 atom stereocenters. The number of ether oxygens (including phenoxy) is 1. The summed E-state index contributed by atoms with van der Waals surface area (Å²) in [4.78, 5) is 28.1. The number of likely N-dealkylation sites (tertiary alicyclic amines) is 1. The highest BCUT2D eigenvalue weighted by Crippen LogP contribution is 2.41. The second kappa shape index (κ2) is 10.1. The standard InChI is InChI=1S/C20H23N3O2.C2HF3O2/c24-19(16-6-2-1-3-7-16)22-13-20-14-23(10-17(20)12-25-15-20)11-18-8-4-5-9-21-18;3-2(4,5)1(6)7/h1-9,17H,10-15H2,(H,22,24);(H,6,7)/t17-,20+;/m1./s1. The Hall–Kier alpha value is -2.98. The number of carbonyl (C=O) groups excluding carboxylic acids is 1. The van der Waals surface area contributed by atoms with Crippen molar-refractivity contribution in [2.45, 2.75) is 12.7 Å². The summed E-state index contributed by atoms with van der Waals surface area (Å²) in [6.45, 7) is 4.93. The van der Waals surface area contributed by atoms with Crippen molar-refractivity contribution >= 4 is 11.9 Å². The number of carbonyl (C=O) groups is 2.